The molecular formula is C15H18ClN5O2. The zero-order valence-electron chi connectivity index (χ0n) is 12.6. The molecule has 3 amide bonds. The number of nitrogens with zero attached hydrogens (tertiary/aromatic N) is 2. The molecule has 4 N–H and O–H groups in total. The molecule has 8 heteroatoms. The second-order valence-electron chi connectivity index (χ2n) is 5.23. The van der Waals surface area contributed by atoms with Crippen LogP contribution >= 0.6 is 11.6 Å². The molecule has 23 heavy (non-hydrogen) atoms. The van der Waals surface area contributed by atoms with Gasteiger partial charge in [-0.05, 0) is 31.0 Å². The Hall–Kier alpha value is -2.54. The minimum atomic E-state index is -0.501. The SMILES string of the molecule is C[C@H](Cc1cccc(Cl)c1)NC(=O)Nc1cnn(CC(N)=O)c1. The maximum Gasteiger partial charge on any atom is 0.319 e. The summed E-state index contributed by atoms with van der Waals surface area (Å²) in [6.07, 6.45) is 3.64. The number of benzene rings is 1. The number of rotatable bonds is 6. The van der Waals surface area contributed by atoms with Crippen LogP contribution in [0.4, 0.5) is 10.5 Å². The second kappa shape index (κ2) is 7.64. The van der Waals surface area contributed by atoms with E-state index in [1.54, 1.807) is 6.07 Å². The largest absolute Gasteiger partial charge is 0.368 e. The van der Waals surface area contributed by atoms with Gasteiger partial charge in [-0.3, -0.25) is 9.48 Å². The summed E-state index contributed by atoms with van der Waals surface area (Å²) >= 11 is 5.94. The molecule has 0 aliphatic rings. The third-order valence-electron chi connectivity index (χ3n) is 3.02. The van der Waals surface area contributed by atoms with Crippen LogP contribution in [0.25, 0.3) is 0 Å². The minimum absolute atomic E-state index is 0.0333. The van der Waals surface area contributed by atoms with Crippen molar-refractivity contribution in [2.24, 2.45) is 5.73 Å². The number of carbonyl (C=O) groups excluding carboxylic acids is 2. The number of anilines is 1. The highest BCUT2D eigenvalue weighted by Gasteiger charge is 2.10. The standard InChI is InChI=1S/C15H18ClN5O2/c1-10(5-11-3-2-4-12(16)6-11)19-15(23)20-13-7-18-21(8-13)9-14(17)22/h2-4,6-8,10H,5,9H2,1H3,(H2,17,22)(H2,19,20,23)/t10-/m1/s1. The Morgan fingerprint density at radius 3 is 2.91 bits per heavy atom. The molecule has 1 aromatic carbocycles. The summed E-state index contributed by atoms with van der Waals surface area (Å²) in [4.78, 5) is 22.7. The van der Waals surface area contributed by atoms with Crippen molar-refractivity contribution in [2.45, 2.75) is 25.9 Å². The van der Waals surface area contributed by atoms with Gasteiger partial charge in [-0.2, -0.15) is 5.10 Å². The summed E-state index contributed by atoms with van der Waals surface area (Å²) in [6.45, 7) is 1.87. The fourth-order valence-electron chi connectivity index (χ4n) is 2.13. The normalized spacial score (nSPS) is 11.7. The fraction of sp³-hybridized carbons (Fsp3) is 0.267. The molecule has 0 fully saturated rings. The van der Waals surface area contributed by atoms with E-state index in [2.05, 4.69) is 15.7 Å². The van der Waals surface area contributed by atoms with E-state index in [0.29, 0.717) is 17.1 Å². The predicted octanol–water partition coefficient (Wildman–Crippen LogP) is 1.77. The van der Waals surface area contributed by atoms with E-state index in [1.165, 1.54) is 17.1 Å². The van der Waals surface area contributed by atoms with Crippen LogP contribution in [-0.2, 0) is 17.8 Å². The van der Waals surface area contributed by atoms with Crippen molar-refractivity contribution in [1.82, 2.24) is 15.1 Å². The highest BCUT2D eigenvalue weighted by atomic mass is 35.5. The van der Waals surface area contributed by atoms with E-state index >= 15 is 0 Å². The van der Waals surface area contributed by atoms with Crippen molar-refractivity contribution in [1.29, 1.82) is 0 Å². The molecule has 1 aromatic heterocycles. The number of urea groups is 1. The van der Waals surface area contributed by atoms with Gasteiger partial charge in [-0.1, -0.05) is 23.7 Å². The topological polar surface area (TPSA) is 102 Å². The van der Waals surface area contributed by atoms with Gasteiger partial charge in [0.15, 0.2) is 0 Å². The van der Waals surface area contributed by atoms with Crippen LogP contribution in [0.2, 0.25) is 5.02 Å². The monoisotopic (exact) mass is 335 g/mol. The molecule has 122 valence electrons. The highest BCUT2D eigenvalue weighted by Crippen LogP contribution is 2.12. The van der Waals surface area contributed by atoms with Crippen LogP contribution in [0.3, 0.4) is 0 Å². The third kappa shape index (κ3) is 5.63. The predicted molar refractivity (Wildman–Crippen MR) is 88.2 cm³/mol. The molecular weight excluding hydrogens is 318 g/mol. The molecule has 1 heterocycles. The van der Waals surface area contributed by atoms with Gasteiger partial charge < -0.3 is 16.4 Å². The Balaban J connectivity index is 1.84. The molecule has 0 bridgehead atoms. The Kier molecular flexibility index (Phi) is 5.59. The molecule has 0 saturated heterocycles. The van der Waals surface area contributed by atoms with Crippen molar-refractivity contribution in [2.75, 3.05) is 5.32 Å². The molecule has 2 aromatic rings. The van der Waals surface area contributed by atoms with E-state index in [-0.39, 0.29) is 18.6 Å². The maximum absolute atomic E-state index is 11.9. The average Bonchev–Trinajstić information content (AvgIpc) is 2.84. The number of primary amides is 1. The van der Waals surface area contributed by atoms with E-state index in [9.17, 15) is 9.59 Å². The smallest absolute Gasteiger partial charge is 0.319 e. The lowest BCUT2D eigenvalue weighted by Crippen LogP contribution is -2.37. The lowest BCUT2D eigenvalue weighted by molar-refractivity contribution is -0.118. The number of hydrogen-bond acceptors (Lipinski definition) is 3. The maximum atomic E-state index is 11.9. The summed E-state index contributed by atoms with van der Waals surface area (Å²) < 4.78 is 1.35. The van der Waals surface area contributed by atoms with Crippen LogP contribution in [0.1, 0.15) is 12.5 Å². The van der Waals surface area contributed by atoms with Crippen molar-refractivity contribution in [3.8, 4) is 0 Å². The first-order valence-corrected chi connectivity index (χ1v) is 7.43. The Bertz CT molecular complexity index is 701. The van der Waals surface area contributed by atoms with Crippen molar-refractivity contribution in [3.05, 3.63) is 47.2 Å². The van der Waals surface area contributed by atoms with Gasteiger partial charge in [0, 0.05) is 17.3 Å². The van der Waals surface area contributed by atoms with Crippen molar-refractivity contribution >= 4 is 29.2 Å². The average molecular weight is 336 g/mol. The summed E-state index contributed by atoms with van der Waals surface area (Å²) in [6, 6.07) is 7.07. The first-order chi connectivity index (χ1) is 10.9. The number of nitrogens with one attached hydrogen (secondary N) is 2. The zero-order valence-corrected chi connectivity index (χ0v) is 13.4. The highest BCUT2D eigenvalue weighted by molar-refractivity contribution is 6.30. The molecule has 0 radical (unpaired) electrons. The number of hydrogen-bond donors (Lipinski definition) is 3. The number of carbonyl (C=O) groups is 2. The fourth-order valence-corrected chi connectivity index (χ4v) is 2.35. The first kappa shape index (κ1) is 16.8. The van der Waals surface area contributed by atoms with E-state index in [1.807, 2.05) is 25.1 Å². The van der Waals surface area contributed by atoms with Gasteiger partial charge in [-0.25, -0.2) is 4.79 Å². The van der Waals surface area contributed by atoms with Crippen LogP contribution in [0.5, 0.6) is 0 Å². The van der Waals surface area contributed by atoms with Gasteiger partial charge in [0.05, 0.1) is 11.9 Å². The molecule has 7 nitrogen and oxygen atoms in total. The summed E-state index contributed by atoms with van der Waals surface area (Å²) in [5.74, 6) is -0.501. The molecule has 0 spiro atoms. The molecule has 0 aliphatic carbocycles. The van der Waals surface area contributed by atoms with Crippen molar-refractivity contribution in [3.63, 3.8) is 0 Å². The van der Waals surface area contributed by atoms with Gasteiger partial charge in [-0.15, -0.1) is 0 Å². The molecule has 0 aliphatic heterocycles. The van der Waals surface area contributed by atoms with E-state index in [0.717, 1.165) is 5.56 Å². The van der Waals surface area contributed by atoms with Crippen LogP contribution in [-0.4, -0.2) is 27.8 Å². The lowest BCUT2D eigenvalue weighted by atomic mass is 10.1. The van der Waals surface area contributed by atoms with Crippen LogP contribution < -0.4 is 16.4 Å². The third-order valence-corrected chi connectivity index (χ3v) is 3.25. The van der Waals surface area contributed by atoms with Gasteiger partial charge in [0.1, 0.15) is 6.54 Å². The summed E-state index contributed by atoms with van der Waals surface area (Å²) in [5.41, 5.74) is 6.60. The molecule has 1 atom stereocenters. The van der Waals surface area contributed by atoms with E-state index < -0.39 is 5.91 Å². The number of aromatic nitrogens is 2. The minimum Gasteiger partial charge on any atom is -0.368 e. The lowest BCUT2D eigenvalue weighted by Gasteiger charge is -2.14. The zero-order chi connectivity index (χ0) is 16.8. The Labute approximate surface area is 138 Å². The second-order valence-corrected chi connectivity index (χ2v) is 5.66. The first-order valence-electron chi connectivity index (χ1n) is 7.05. The Morgan fingerprint density at radius 2 is 2.22 bits per heavy atom. The quantitative estimate of drug-likeness (QED) is 0.749. The van der Waals surface area contributed by atoms with Gasteiger partial charge >= 0.3 is 6.03 Å². The number of nitrogens with two attached hydrogens (primary N) is 1. The van der Waals surface area contributed by atoms with Gasteiger partial charge in [0.25, 0.3) is 0 Å². The molecule has 0 saturated carbocycles. The molecule has 0 unspecified atom stereocenters. The number of amides is 3. The Morgan fingerprint density at radius 1 is 1.43 bits per heavy atom. The van der Waals surface area contributed by atoms with E-state index in [4.69, 9.17) is 17.3 Å². The summed E-state index contributed by atoms with van der Waals surface area (Å²) in [7, 11) is 0. The summed E-state index contributed by atoms with van der Waals surface area (Å²) in [5, 5.41) is 10.1. The van der Waals surface area contributed by atoms with Crippen LogP contribution in [0.15, 0.2) is 36.7 Å². The van der Waals surface area contributed by atoms with Gasteiger partial charge in [0.2, 0.25) is 5.91 Å². The molecule has 2 rings (SSSR count). The van der Waals surface area contributed by atoms with Crippen LogP contribution in [0, 0.1) is 0 Å². The number of halogens is 1. The van der Waals surface area contributed by atoms with Crippen molar-refractivity contribution < 1.29 is 9.59 Å².